The zero-order valence-corrected chi connectivity index (χ0v) is 22.7. The van der Waals surface area contributed by atoms with E-state index in [2.05, 4.69) is 54.9 Å². The Balaban J connectivity index is 0.000000284. The lowest BCUT2D eigenvalue weighted by Crippen LogP contribution is -2.41. The maximum Gasteiger partial charge on any atom is 0.316 e. The van der Waals surface area contributed by atoms with E-state index in [1.54, 1.807) is 6.08 Å². The Morgan fingerprint density at radius 3 is 2.28 bits per heavy atom. The van der Waals surface area contributed by atoms with Crippen LogP contribution in [0.5, 0.6) is 0 Å². The second-order valence-corrected chi connectivity index (χ2v) is 9.33. The number of carboxylic acids is 1. The molecule has 6 nitrogen and oxygen atoms in total. The predicted octanol–water partition coefficient (Wildman–Crippen LogP) is 6.24. The van der Waals surface area contributed by atoms with Gasteiger partial charge in [0.1, 0.15) is 0 Å². The molecule has 202 valence electrons. The molecular formula is C30H48N2O4. The predicted molar refractivity (Wildman–Crippen MR) is 149 cm³/mol. The molecule has 1 aromatic carbocycles. The zero-order valence-electron chi connectivity index (χ0n) is 22.7. The van der Waals surface area contributed by atoms with E-state index in [0.29, 0.717) is 6.61 Å². The second kappa shape index (κ2) is 18.6. The van der Waals surface area contributed by atoms with Gasteiger partial charge in [-0.15, -0.1) is 6.58 Å². The Labute approximate surface area is 218 Å². The van der Waals surface area contributed by atoms with Crippen molar-refractivity contribution < 1.29 is 19.4 Å². The fourth-order valence-electron chi connectivity index (χ4n) is 4.34. The molecule has 1 aromatic rings. The average Bonchev–Trinajstić information content (AvgIpc) is 2.93. The number of unbranched alkanes of at least 4 members (excludes halogenated alkanes) is 3. The molecule has 2 N–H and O–H groups in total. The number of hydrogen-bond donors (Lipinski definition) is 2. The van der Waals surface area contributed by atoms with Gasteiger partial charge in [0, 0.05) is 18.8 Å². The average molecular weight is 501 g/mol. The Hall–Kier alpha value is -2.60. The minimum absolute atomic E-state index is 0.119. The van der Waals surface area contributed by atoms with Crippen LogP contribution in [0.2, 0.25) is 0 Å². The molecule has 2 aliphatic heterocycles. The normalized spacial score (nSPS) is 17.2. The van der Waals surface area contributed by atoms with Gasteiger partial charge in [-0.05, 0) is 77.6 Å². The summed E-state index contributed by atoms with van der Waals surface area (Å²) in [5.74, 6) is -0.917. The minimum atomic E-state index is -0.650. The molecule has 0 radical (unpaired) electrons. The highest BCUT2D eigenvalue weighted by atomic mass is 16.5. The van der Waals surface area contributed by atoms with Crippen LogP contribution in [0.25, 0.3) is 0 Å². The molecule has 2 saturated heterocycles. The molecule has 0 aromatic heterocycles. The third kappa shape index (κ3) is 11.4. The number of piperidine rings is 2. The summed E-state index contributed by atoms with van der Waals surface area (Å²) in [6, 6.07) is 10.2. The van der Waals surface area contributed by atoms with Crippen LogP contribution in [0.1, 0.15) is 72.1 Å². The number of para-hydroxylation sites is 1. The van der Waals surface area contributed by atoms with E-state index in [1.165, 1.54) is 31.4 Å². The number of esters is 1. The molecule has 0 amide bonds. The monoisotopic (exact) mass is 500 g/mol. The Morgan fingerprint density at radius 1 is 1.14 bits per heavy atom. The number of carbonyl (C=O) groups is 2. The summed E-state index contributed by atoms with van der Waals surface area (Å²) >= 11 is 0. The lowest BCUT2D eigenvalue weighted by molar-refractivity contribution is -0.153. The molecule has 2 fully saturated rings. The highest BCUT2D eigenvalue weighted by Crippen LogP contribution is 2.31. The van der Waals surface area contributed by atoms with Gasteiger partial charge in [-0.3, -0.25) is 9.59 Å². The number of benzene rings is 1. The smallest absolute Gasteiger partial charge is 0.316 e. The zero-order chi connectivity index (χ0) is 26.7. The second-order valence-electron chi connectivity index (χ2n) is 9.33. The quantitative estimate of drug-likeness (QED) is 0.237. The van der Waals surface area contributed by atoms with Gasteiger partial charge in [0.15, 0.2) is 0 Å². The van der Waals surface area contributed by atoms with Crippen molar-refractivity contribution in [2.45, 2.75) is 72.1 Å². The van der Waals surface area contributed by atoms with Crippen LogP contribution in [-0.2, 0) is 14.3 Å². The van der Waals surface area contributed by atoms with Crippen molar-refractivity contribution in [2.75, 3.05) is 37.7 Å². The van der Waals surface area contributed by atoms with Crippen LogP contribution in [-0.4, -0.2) is 49.8 Å². The molecule has 36 heavy (non-hydrogen) atoms. The highest BCUT2D eigenvalue weighted by Gasteiger charge is 2.37. The van der Waals surface area contributed by atoms with Crippen LogP contribution in [0.15, 0.2) is 55.1 Å². The third-order valence-electron chi connectivity index (χ3n) is 6.74. The Morgan fingerprint density at radius 2 is 1.78 bits per heavy atom. The summed E-state index contributed by atoms with van der Waals surface area (Å²) in [6.07, 6.45) is 14.5. The number of carbonyl (C=O) groups excluding carboxylic acids is 1. The van der Waals surface area contributed by atoms with Crippen molar-refractivity contribution in [3.8, 4) is 0 Å². The van der Waals surface area contributed by atoms with Crippen molar-refractivity contribution >= 4 is 17.6 Å². The van der Waals surface area contributed by atoms with E-state index < -0.39 is 11.4 Å². The number of anilines is 1. The van der Waals surface area contributed by atoms with Gasteiger partial charge in [0.2, 0.25) is 0 Å². The van der Waals surface area contributed by atoms with Crippen LogP contribution in [0, 0.1) is 11.3 Å². The van der Waals surface area contributed by atoms with Gasteiger partial charge in [-0.25, -0.2) is 0 Å². The first-order valence-electron chi connectivity index (χ1n) is 13.6. The van der Waals surface area contributed by atoms with Crippen molar-refractivity contribution in [2.24, 2.45) is 11.3 Å². The van der Waals surface area contributed by atoms with E-state index in [0.717, 1.165) is 51.9 Å². The summed E-state index contributed by atoms with van der Waals surface area (Å²) in [7, 11) is 0. The van der Waals surface area contributed by atoms with Crippen LogP contribution in [0.4, 0.5) is 5.69 Å². The molecule has 2 aliphatic rings. The SMILES string of the molecule is C=CC1(C(=O)OCC)CCNCC1.CC=CCCCCC.O=C(O)C1CCN(c2ccccc2)CC1. The molecule has 0 bridgehead atoms. The highest BCUT2D eigenvalue weighted by molar-refractivity contribution is 5.79. The first-order valence-corrected chi connectivity index (χ1v) is 13.6. The van der Waals surface area contributed by atoms with Crippen molar-refractivity contribution in [1.82, 2.24) is 5.32 Å². The molecular weight excluding hydrogens is 452 g/mol. The third-order valence-corrected chi connectivity index (χ3v) is 6.74. The topological polar surface area (TPSA) is 78.9 Å². The lowest BCUT2D eigenvalue weighted by Gasteiger charge is -2.32. The standard InChI is InChI=1S/C12H15NO2.C10H17NO2.C8H16/c14-12(15)10-6-8-13(9-7-10)11-4-2-1-3-5-11;1-3-10(9(12)13-4-2)5-7-11-8-6-10;1-3-5-7-8-6-4-2/h1-5,10H,6-9H2,(H,14,15);3,11H,1,4-8H2,2H3;3,5H,4,6-8H2,1-2H3. The molecule has 0 saturated carbocycles. The Bertz CT molecular complexity index is 764. The largest absolute Gasteiger partial charge is 0.481 e. The van der Waals surface area contributed by atoms with Crippen molar-refractivity contribution in [3.05, 3.63) is 55.1 Å². The minimum Gasteiger partial charge on any atom is -0.481 e. The number of rotatable bonds is 9. The van der Waals surface area contributed by atoms with Gasteiger partial charge in [-0.2, -0.15) is 0 Å². The van der Waals surface area contributed by atoms with E-state index >= 15 is 0 Å². The Kier molecular flexibility index (Phi) is 16.3. The number of aliphatic carboxylic acids is 1. The first kappa shape index (κ1) is 31.4. The first-order chi connectivity index (χ1) is 17.4. The van der Waals surface area contributed by atoms with Gasteiger partial charge < -0.3 is 20.1 Å². The van der Waals surface area contributed by atoms with Gasteiger partial charge in [0.05, 0.1) is 17.9 Å². The number of nitrogens with one attached hydrogen (secondary N) is 1. The van der Waals surface area contributed by atoms with Gasteiger partial charge >= 0.3 is 11.9 Å². The summed E-state index contributed by atoms with van der Waals surface area (Å²) < 4.78 is 5.04. The van der Waals surface area contributed by atoms with Crippen molar-refractivity contribution in [1.29, 1.82) is 0 Å². The maximum absolute atomic E-state index is 11.6. The number of carboxylic acid groups (broad SMARTS) is 1. The molecule has 6 heteroatoms. The summed E-state index contributed by atoms with van der Waals surface area (Å²) in [4.78, 5) is 24.7. The van der Waals surface area contributed by atoms with E-state index in [4.69, 9.17) is 9.84 Å². The molecule has 2 heterocycles. The van der Waals surface area contributed by atoms with Gasteiger partial charge in [0.25, 0.3) is 0 Å². The lowest BCUT2D eigenvalue weighted by atomic mass is 9.79. The van der Waals surface area contributed by atoms with E-state index in [9.17, 15) is 9.59 Å². The summed E-state index contributed by atoms with van der Waals surface area (Å²) in [6.45, 7) is 13.7. The number of allylic oxidation sites excluding steroid dienone is 2. The maximum atomic E-state index is 11.6. The molecule has 0 unspecified atom stereocenters. The van der Waals surface area contributed by atoms with E-state index in [-0.39, 0.29) is 11.9 Å². The fourth-order valence-corrected chi connectivity index (χ4v) is 4.34. The van der Waals surface area contributed by atoms with Gasteiger partial charge in [-0.1, -0.05) is 56.2 Å². The molecule has 0 atom stereocenters. The van der Waals surface area contributed by atoms with Crippen LogP contribution < -0.4 is 10.2 Å². The number of ether oxygens (including phenoxy) is 1. The van der Waals surface area contributed by atoms with Crippen LogP contribution in [0.3, 0.4) is 0 Å². The fraction of sp³-hybridized carbons (Fsp3) is 0.600. The van der Waals surface area contributed by atoms with E-state index in [1.807, 2.05) is 25.1 Å². The van der Waals surface area contributed by atoms with Crippen LogP contribution >= 0.6 is 0 Å². The summed E-state index contributed by atoms with van der Waals surface area (Å²) in [5, 5.41) is 12.1. The number of hydrogen-bond acceptors (Lipinski definition) is 5. The molecule has 0 spiro atoms. The molecule has 3 rings (SSSR count). The van der Waals surface area contributed by atoms with Crippen molar-refractivity contribution in [3.63, 3.8) is 0 Å². The molecule has 0 aliphatic carbocycles. The number of nitrogens with zero attached hydrogens (tertiary/aromatic N) is 1. The summed E-state index contributed by atoms with van der Waals surface area (Å²) in [5.41, 5.74) is 0.766.